The van der Waals surface area contributed by atoms with E-state index in [1.807, 2.05) is 6.07 Å². The van der Waals surface area contributed by atoms with Crippen LogP contribution in [0, 0.1) is 11.3 Å². The van der Waals surface area contributed by atoms with Gasteiger partial charge in [0, 0.05) is 19.7 Å². The van der Waals surface area contributed by atoms with E-state index in [2.05, 4.69) is 15.5 Å². The summed E-state index contributed by atoms with van der Waals surface area (Å²) in [6, 6.07) is 4.10. The van der Waals surface area contributed by atoms with Crippen molar-refractivity contribution in [3.05, 3.63) is 11.8 Å². The summed E-state index contributed by atoms with van der Waals surface area (Å²) in [6.45, 7) is 3.64. The summed E-state index contributed by atoms with van der Waals surface area (Å²) in [6.07, 6.45) is 7.38. The molecule has 21 heavy (non-hydrogen) atoms. The molecule has 2 saturated heterocycles. The second kappa shape index (κ2) is 6.40. The first-order chi connectivity index (χ1) is 10.3. The van der Waals surface area contributed by atoms with Crippen LogP contribution in [0.4, 0.5) is 11.5 Å². The van der Waals surface area contributed by atoms with Gasteiger partial charge in [-0.2, -0.15) is 5.26 Å². The highest BCUT2D eigenvalue weighted by Crippen LogP contribution is 2.31. The first kappa shape index (κ1) is 14.3. The molecular weight excluding hydrogens is 264 g/mol. The Kier molecular flexibility index (Phi) is 4.35. The molecule has 0 bridgehead atoms. The van der Waals surface area contributed by atoms with E-state index >= 15 is 0 Å². The van der Waals surface area contributed by atoms with Crippen LogP contribution in [0.2, 0.25) is 0 Å². The van der Waals surface area contributed by atoms with Crippen LogP contribution in [0.5, 0.6) is 0 Å². The van der Waals surface area contributed by atoms with Gasteiger partial charge in [-0.05, 0) is 31.7 Å². The molecule has 0 amide bonds. The minimum atomic E-state index is 0.217. The summed E-state index contributed by atoms with van der Waals surface area (Å²) >= 11 is 0. The van der Waals surface area contributed by atoms with Gasteiger partial charge >= 0.3 is 0 Å². The molecule has 5 heteroatoms. The summed E-state index contributed by atoms with van der Waals surface area (Å²) in [4.78, 5) is 2.36. The van der Waals surface area contributed by atoms with Gasteiger partial charge in [0.05, 0.1) is 18.3 Å². The van der Waals surface area contributed by atoms with Crippen LogP contribution in [-0.2, 0) is 11.3 Å². The zero-order valence-electron chi connectivity index (χ0n) is 12.6. The lowest BCUT2D eigenvalue weighted by Gasteiger charge is -2.26. The van der Waals surface area contributed by atoms with Crippen LogP contribution in [0.1, 0.15) is 44.2 Å². The molecule has 0 aliphatic carbocycles. The van der Waals surface area contributed by atoms with Gasteiger partial charge in [0.1, 0.15) is 17.6 Å². The number of anilines is 2. The maximum Gasteiger partial charge on any atom is 0.133 e. The lowest BCUT2D eigenvalue weighted by Crippen LogP contribution is -2.29. The lowest BCUT2D eigenvalue weighted by molar-refractivity contribution is 0.0972. The van der Waals surface area contributed by atoms with E-state index in [1.54, 1.807) is 0 Å². The van der Waals surface area contributed by atoms with Gasteiger partial charge in [-0.25, -0.2) is 0 Å². The normalized spacial score (nSPS) is 23.0. The molecule has 3 heterocycles. The van der Waals surface area contributed by atoms with Crippen molar-refractivity contribution < 1.29 is 4.74 Å². The number of hydrogen-bond acceptors (Lipinski definition) is 4. The third kappa shape index (κ3) is 3.01. The van der Waals surface area contributed by atoms with Crippen LogP contribution < -0.4 is 10.6 Å². The van der Waals surface area contributed by atoms with E-state index in [-0.39, 0.29) is 6.10 Å². The molecule has 0 unspecified atom stereocenters. The van der Waals surface area contributed by atoms with Crippen molar-refractivity contribution in [1.82, 2.24) is 4.57 Å². The Morgan fingerprint density at radius 2 is 2.00 bits per heavy atom. The molecule has 2 N–H and O–H groups in total. The molecule has 2 aliphatic heterocycles. The van der Waals surface area contributed by atoms with Crippen molar-refractivity contribution >= 4 is 11.5 Å². The number of nitrogens with two attached hydrogens (primary N) is 1. The highest BCUT2D eigenvalue weighted by atomic mass is 16.5. The number of aromatic nitrogens is 1. The van der Waals surface area contributed by atoms with Gasteiger partial charge in [-0.1, -0.05) is 12.8 Å². The van der Waals surface area contributed by atoms with E-state index in [1.165, 1.54) is 25.7 Å². The van der Waals surface area contributed by atoms with E-state index in [0.29, 0.717) is 5.69 Å². The monoisotopic (exact) mass is 288 g/mol. The minimum Gasteiger partial charge on any atom is -0.396 e. The Hall–Kier alpha value is -1.67. The molecule has 0 saturated carbocycles. The summed E-state index contributed by atoms with van der Waals surface area (Å²) in [5, 5.41) is 9.40. The van der Waals surface area contributed by atoms with Gasteiger partial charge in [-0.15, -0.1) is 0 Å². The van der Waals surface area contributed by atoms with E-state index < -0.39 is 0 Å². The van der Waals surface area contributed by atoms with Crippen molar-refractivity contribution in [2.24, 2.45) is 0 Å². The molecule has 1 aromatic rings. The van der Waals surface area contributed by atoms with Crippen molar-refractivity contribution in [3.8, 4) is 6.07 Å². The Morgan fingerprint density at radius 1 is 1.24 bits per heavy atom. The summed E-state index contributed by atoms with van der Waals surface area (Å²) in [5.74, 6) is 1.03. The number of rotatable bonds is 3. The summed E-state index contributed by atoms with van der Waals surface area (Å²) in [7, 11) is 0. The Labute approximate surface area is 126 Å². The standard InChI is InChI=1S/C16H24N4O/c17-11-13-10-15(18)16(19-7-3-1-2-4-8-19)20(13)12-14-6-5-9-21-14/h10,14H,1-9,12,18H2/t14-/m1/s1. The quantitative estimate of drug-likeness (QED) is 0.928. The largest absolute Gasteiger partial charge is 0.396 e. The molecule has 0 radical (unpaired) electrons. The zero-order chi connectivity index (χ0) is 14.7. The molecule has 2 fully saturated rings. The fourth-order valence-corrected chi connectivity index (χ4v) is 3.46. The number of nitrogens with zero attached hydrogens (tertiary/aromatic N) is 3. The molecule has 1 aromatic heterocycles. The van der Waals surface area contributed by atoms with Crippen LogP contribution in [-0.4, -0.2) is 30.4 Å². The Balaban J connectivity index is 1.89. The molecule has 5 nitrogen and oxygen atoms in total. The van der Waals surface area contributed by atoms with Crippen LogP contribution in [0.3, 0.4) is 0 Å². The average molecular weight is 288 g/mol. The van der Waals surface area contributed by atoms with Crippen molar-refractivity contribution in [2.45, 2.75) is 51.2 Å². The highest BCUT2D eigenvalue weighted by molar-refractivity contribution is 5.68. The van der Waals surface area contributed by atoms with E-state index in [4.69, 9.17) is 10.5 Å². The number of nitrogen functional groups attached to an aromatic ring is 1. The molecular formula is C16H24N4O. The van der Waals surface area contributed by atoms with Crippen LogP contribution in [0.15, 0.2) is 6.07 Å². The van der Waals surface area contributed by atoms with Crippen molar-refractivity contribution in [3.63, 3.8) is 0 Å². The summed E-state index contributed by atoms with van der Waals surface area (Å²) < 4.78 is 7.82. The number of nitriles is 1. The molecule has 2 aliphatic rings. The van der Waals surface area contributed by atoms with Gasteiger partial charge in [0.2, 0.25) is 0 Å². The SMILES string of the molecule is N#Cc1cc(N)c(N2CCCCCC2)n1C[C@H]1CCCO1. The number of hydrogen-bond donors (Lipinski definition) is 1. The second-order valence-corrected chi connectivity index (χ2v) is 6.07. The first-order valence-electron chi connectivity index (χ1n) is 8.05. The minimum absolute atomic E-state index is 0.217. The fourth-order valence-electron chi connectivity index (χ4n) is 3.46. The van der Waals surface area contributed by atoms with Gasteiger partial charge in [0.25, 0.3) is 0 Å². The highest BCUT2D eigenvalue weighted by Gasteiger charge is 2.24. The molecule has 1 atom stereocenters. The van der Waals surface area contributed by atoms with Gasteiger partial charge < -0.3 is 19.9 Å². The van der Waals surface area contributed by atoms with Gasteiger partial charge in [0.15, 0.2) is 0 Å². The van der Waals surface area contributed by atoms with Crippen LogP contribution >= 0.6 is 0 Å². The molecule has 3 rings (SSSR count). The second-order valence-electron chi connectivity index (χ2n) is 6.07. The maximum absolute atomic E-state index is 9.40. The fraction of sp³-hybridized carbons (Fsp3) is 0.688. The predicted molar refractivity (Wildman–Crippen MR) is 83.2 cm³/mol. The molecule has 0 spiro atoms. The Morgan fingerprint density at radius 3 is 2.62 bits per heavy atom. The first-order valence-corrected chi connectivity index (χ1v) is 8.05. The summed E-state index contributed by atoms with van der Waals surface area (Å²) in [5.41, 5.74) is 7.60. The zero-order valence-corrected chi connectivity index (χ0v) is 12.6. The van der Waals surface area contributed by atoms with Crippen molar-refractivity contribution in [2.75, 3.05) is 30.3 Å². The number of ether oxygens (including phenoxy) is 1. The van der Waals surface area contributed by atoms with Crippen molar-refractivity contribution in [1.29, 1.82) is 5.26 Å². The average Bonchev–Trinajstić information content (AvgIpc) is 3.00. The maximum atomic E-state index is 9.40. The smallest absolute Gasteiger partial charge is 0.133 e. The Bertz CT molecular complexity index is 517. The van der Waals surface area contributed by atoms with E-state index in [9.17, 15) is 5.26 Å². The third-order valence-electron chi connectivity index (χ3n) is 4.53. The molecule has 114 valence electrons. The van der Waals surface area contributed by atoms with Gasteiger partial charge in [-0.3, -0.25) is 0 Å². The topological polar surface area (TPSA) is 67.2 Å². The molecule has 0 aromatic carbocycles. The predicted octanol–water partition coefficient (Wildman–Crippen LogP) is 2.50. The van der Waals surface area contributed by atoms with E-state index in [0.717, 1.165) is 50.6 Å². The van der Waals surface area contributed by atoms with Crippen LogP contribution in [0.25, 0.3) is 0 Å². The lowest BCUT2D eigenvalue weighted by atomic mass is 10.2. The third-order valence-corrected chi connectivity index (χ3v) is 4.53.